The van der Waals surface area contributed by atoms with E-state index in [1.807, 2.05) is 0 Å². The molecule has 138 valence electrons. The van der Waals surface area contributed by atoms with E-state index in [0.29, 0.717) is 11.6 Å². The van der Waals surface area contributed by atoms with Gasteiger partial charge in [-0.3, -0.25) is 9.59 Å². The average molecular weight is 389 g/mol. The Morgan fingerprint density at radius 3 is 2.42 bits per heavy atom. The van der Waals surface area contributed by atoms with E-state index in [4.69, 9.17) is 11.6 Å². The zero-order valence-corrected chi connectivity index (χ0v) is 13.9. The number of rotatable bonds is 5. The summed E-state index contributed by atoms with van der Waals surface area (Å²) in [5.74, 6) is -1.79. The summed E-state index contributed by atoms with van der Waals surface area (Å²) in [6, 6.07) is 7.91. The SMILES string of the molecule is O=C(Cc1cccc(F)c1)NCC(=O)Nc1cc(C(F)(F)F)ccc1Cl. The van der Waals surface area contributed by atoms with Gasteiger partial charge < -0.3 is 10.6 Å². The fourth-order valence-electron chi connectivity index (χ4n) is 2.07. The van der Waals surface area contributed by atoms with E-state index in [1.54, 1.807) is 6.07 Å². The largest absolute Gasteiger partial charge is 0.416 e. The quantitative estimate of drug-likeness (QED) is 0.766. The van der Waals surface area contributed by atoms with Gasteiger partial charge in [0.1, 0.15) is 5.82 Å². The summed E-state index contributed by atoms with van der Waals surface area (Å²) in [5.41, 5.74) is -0.762. The van der Waals surface area contributed by atoms with Crippen LogP contribution < -0.4 is 10.6 Å². The zero-order valence-electron chi connectivity index (χ0n) is 13.2. The van der Waals surface area contributed by atoms with Crippen molar-refractivity contribution in [2.24, 2.45) is 0 Å². The first-order chi connectivity index (χ1) is 12.1. The maximum Gasteiger partial charge on any atom is 0.416 e. The molecule has 0 radical (unpaired) electrons. The highest BCUT2D eigenvalue weighted by Gasteiger charge is 2.31. The molecule has 2 N–H and O–H groups in total. The van der Waals surface area contributed by atoms with Gasteiger partial charge >= 0.3 is 6.18 Å². The fourth-order valence-corrected chi connectivity index (χ4v) is 2.23. The van der Waals surface area contributed by atoms with Crippen molar-refractivity contribution in [2.75, 3.05) is 11.9 Å². The fraction of sp³-hybridized carbons (Fsp3) is 0.176. The van der Waals surface area contributed by atoms with Crippen LogP contribution in [0.1, 0.15) is 11.1 Å². The van der Waals surface area contributed by atoms with Crippen LogP contribution in [-0.2, 0) is 22.2 Å². The van der Waals surface area contributed by atoms with Gasteiger partial charge in [-0.1, -0.05) is 23.7 Å². The van der Waals surface area contributed by atoms with Crippen molar-refractivity contribution in [3.05, 3.63) is 64.4 Å². The standard InChI is InChI=1S/C17H13ClF4N2O2/c18-13-5-4-11(17(20,21)22)8-14(13)24-16(26)9-23-15(25)7-10-2-1-3-12(19)6-10/h1-6,8H,7,9H2,(H,23,25)(H,24,26). The smallest absolute Gasteiger partial charge is 0.347 e. The molecule has 0 spiro atoms. The minimum Gasteiger partial charge on any atom is -0.347 e. The zero-order chi connectivity index (χ0) is 19.3. The molecule has 0 aliphatic carbocycles. The molecule has 4 nitrogen and oxygen atoms in total. The second-order valence-electron chi connectivity index (χ2n) is 5.32. The van der Waals surface area contributed by atoms with E-state index in [1.165, 1.54) is 18.2 Å². The summed E-state index contributed by atoms with van der Waals surface area (Å²) < 4.78 is 51.1. The van der Waals surface area contributed by atoms with Crippen LogP contribution in [0.3, 0.4) is 0 Å². The van der Waals surface area contributed by atoms with Gasteiger partial charge in [-0.2, -0.15) is 13.2 Å². The number of carbonyl (C=O) groups is 2. The Balaban J connectivity index is 1.91. The molecule has 0 aliphatic rings. The summed E-state index contributed by atoms with van der Waals surface area (Å²) in [4.78, 5) is 23.6. The maximum atomic E-state index is 13.0. The molecule has 2 amide bonds. The normalized spacial score (nSPS) is 11.1. The molecule has 0 saturated carbocycles. The lowest BCUT2D eigenvalue weighted by molar-refractivity contribution is -0.137. The number of hydrogen-bond donors (Lipinski definition) is 2. The number of benzene rings is 2. The molecule has 0 aliphatic heterocycles. The molecule has 2 aromatic carbocycles. The number of halogens is 5. The maximum absolute atomic E-state index is 13.0. The lowest BCUT2D eigenvalue weighted by Crippen LogP contribution is -2.33. The minimum absolute atomic E-state index is 0.0718. The summed E-state index contributed by atoms with van der Waals surface area (Å²) in [7, 11) is 0. The molecule has 9 heteroatoms. The topological polar surface area (TPSA) is 58.2 Å². The molecule has 0 fully saturated rings. The first-order valence-corrected chi connectivity index (χ1v) is 7.70. The summed E-state index contributed by atoms with van der Waals surface area (Å²) in [6.45, 7) is -0.472. The number of alkyl halides is 3. The average Bonchev–Trinajstić information content (AvgIpc) is 2.54. The highest BCUT2D eigenvalue weighted by atomic mass is 35.5. The highest BCUT2D eigenvalue weighted by Crippen LogP contribution is 2.33. The van der Waals surface area contributed by atoms with Crippen LogP contribution in [0.2, 0.25) is 5.02 Å². The molecule has 0 atom stereocenters. The number of amides is 2. The van der Waals surface area contributed by atoms with Crippen LogP contribution in [0.15, 0.2) is 42.5 Å². The minimum atomic E-state index is -4.58. The van der Waals surface area contributed by atoms with Crippen molar-refractivity contribution in [1.82, 2.24) is 5.32 Å². The van der Waals surface area contributed by atoms with Crippen LogP contribution in [0.4, 0.5) is 23.2 Å². The third-order valence-corrected chi connectivity index (χ3v) is 3.60. The first-order valence-electron chi connectivity index (χ1n) is 7.33. The molecule has 0 saturated heterocycles. The Morgan fingerprint density at radius 1 is 1.04 bits per heavy atom. The van der Waals surface area contributed by atoms with Crippen molar-refractivity contribution in [2.45, 2.75) is 12.6 Å². The van der Waals surface area contributed by atoms with Crippen molar-refractivity contribution in [3.8, 4) is 0 Å². The van der Waals surface area contributed by atoms with Crippen molar-refractivity contribution < 1.29 is 27.2 Å². The molecule has 0 unspecified atom stereocenters. The van der Waals surface area contributed by atoms with Crippen LogP contribution in [0.25, 0.3) is 0 Å². The van der Waals surface area contributed by atoms with Gasteiger partial charge in [-0.05, 0) is 35.9 Å². The Kier molecular flexibility index (Phi) is 6.20. The van der Waals surface area contributed by atoms with E-state index in [-0.39, 0.29) is 17.1 Å². The van der Waals surface area contributed by atoms with Gasteiger partial charge in [0.25, 0.3) is 0 Å². The Hall–Kier alpha value is -2.61. The van der Waals surface area contributed by atoms with Gasteiger partial charge in [-0.15, -0.1) is 0 Å². The van der Waals surface area contributed by atoms with E-state index in [2.05, 4.69) is 10.6 Å². The molecular weight excluding hydrogens is 376 g/mol. The number of anilines is 1. The molecule has 0 bridgehead atoms. The molecular formula is C17H13ClF4N2O2. The predicted molar refractivity (Wildman–Crippen MR) is 88.2 cm³/mol. The van der Waals surface area contributed by atoms with Crippen LogP contribution in [-0.4, -0.2) is 18.4 Å². The van der Waals surface area contributed by atoms with Crippen LogP contribution in [0, 0.1) is 5.82 Å². The second kappa shape index (κ2) is 8.18. The first kappa shape index (κ1) is 19.7. The molecule has 0 heterocycles. The Labute approximate surface area is 151 Å². The summed E-state index contributed by atoms with van der Waals surface area (Å²) >= 11 is 5.77. The molecule has 2 aromatic rings. The molecule has 2 rings (SSSR count). The Morgan fingerprint density at radius 2 is 1.77 bits per heavy atom. The van der Waals surface area contributed by atoms with Crippen molar-refractivity contribution in [1.29, 1.82) is 0 Å². The van der Waals surface area contributed by atoms with E-state index in [9.17, 15) is 27.2 Å². The number of hydrogen-bond acceptors (Lipinski definition) is 2. The highest BCUT2D eigenvalue weighted by molar-refractivity contribution is 6.33. The van der Waals surface area contributed by atoms with Gasteiger partial charge in [-0.25, -0.2) is 4.39 Å². The monoisotopic (exact) mass is 388 g/mol. The van der Waals surface area contributed by atoms with Gasteiger partial charge in [0.2, 0.25) is 11.8 Å². The van der Waals surface area contributed by atoms with Crippen molar-refractivity contribution >= 4 is 29.1 Å². The van der Waals surface area contributed by atoms with E-state index >= 15 is 0 Å². The third kappa shape index (κ3) is 5.73. The van der Waals surface area contributed by atoms with Crippen molar-refractivity contribution in [3.63, 3.8) is 0 Å². The number of carbonyl (C=O) groups excluding carboxylic acids is 2. The van der Waals surface area contributed by atoms with E-state index in [0.717, 1.165) is 12.1 Å². The van der Waals surface area contributed by atoms with Crippen LogP contribution in [0.5, 0.6) is 0 Å². The predicted octanol–water partition coefficient (Wildman–Crippen LogP) is 3.80. The third-order valence-electron chi connectivity index (χ3n) is 3.27. The molecule has 26 heavy (non-hydrogen) atoms. The van der Waals surface area contributed by atoms with Gasteiger partial charge in [0.05, 0.1) is 29.2 Å². The Bertz CT molecular complexity index is 825. The van der Waals surface area contributed by atoms with E-state index < -0.39 is 35.9 Å². The van der Waals surface area contributed by atoms with Gasteiger partial charge in [0.15, 0.2) is 0 Å². The van der Waals surface area contributed by atoms with Crippen LogP contribution >= 0.6 is 11.6 Å². The summed E-state index contributed by atoms with van der Waals surface area (Å²) in [5, 5.41) is 4.43. The molecule has 0 aromatic heterocycles. The lowest BCUT2D eigenvalue weighted by atomic mass is 10.1. The second-order valence-corrected chi connectivity index (χ2v) is 5.73. The number of nitrogens with one attached hydrogen (secondary N) is 2. The van der Waals surface area contributed by atoms with Gasteiger partial charge in [0, 0.05) is 0 Å². The lowest BCUT2D eigenvalue weighted by Gasteiger charge is -2.12. The summed E-state index contributed by atoms with van der Waals surface area (Å²) in [6.07, 6.45) is -4.72.